The van der Waals surface area contributed by atoms with Crippen LogP contribution in [-0.4, -0.2) is 39.5 Å². The molecule has 3 nitrogen and oxygen atoms in total. The van der Waals surface area contributed by atoms with Crippen molar-refractivity contribution in [2.45, 2.75) is 79.1 Å². The Morgan fingerprint density at radius 3 is 1.48 bits per heavy atom. The summed E-state index contributed by atoms with van der Waals surface area (Å²) in [5, 5.41) is 3.41. The van der Waals surface area contributed by atoms with E-state index in [1.165, 1.54) is 51.4 Å². The van der Waals surface area contributed by atoms with E-state index in [0.29, 0.717) is 0 Å². The van der Waals surface area contributed by atoms with E-state index < -0.39 is 0 Å². The molecule has 140 valence electrons. The molecule has 0 aromatic rings. The number of unbranched alkanes of at least 4 members (excludes halogenated alkanes) is 2. The van der Waals surface area contributed by atoms with Gasteiger partial charge >= 0.3 is 0 Å². The topological polar surface area (TPSA) is 30.5 Å². The average Bonchev–Trinajstić information content (AvgIpc) is 2.58. The summed E-state index contributed by atoms with van der Waals surface area (Å²) in [6.45, 7) is 14.4. The fraction of sp³-hybridized carbons (Fsp3) is 1.00. The molecule has 0 aliphatic heterocycles. The smallest absolute Gasteiger partial charge is 0.0591 e. The van der Waals surface area contributed by atoms with Gasteiger partial charge in [0, 0.05) is 26.3 Å². The van der Waals surface area contributed by atoms with Crippen LogP contribution in [0.2, 0.25) is 0 Å². The van der Waals surface area contributed by atoms with E-state index in [4.69, 9.17) is 9.47 Å². The molecule has 0 aromatic carbocycles. The highest BCUT2D eigenvalue weighted by atomic mass is 16.5. The number of nitrogens with one attached hydrogen (secondary N) is 1. The molecule has 0 heterocycles. The van der Waals surface area contributed by atoms with Gasteiger partial charge in [0.15, 0.2) is 0 Å². The van der Waals surface area contributed by atoms with Crippen molar-refractivity contribution in [2.75, 3.05) is 39.5 Å². The van der Waals surface area contributed by atoms with Crippen LogP contribution in [0.5, 0.6) is 0 Å². The minimum Gasteiger partial charge on any atom is -0.380 e. The maximum Gasteiger partial charge on any atom is 0.0591 e. The molecule has 3 heteroatoms. The fourth-order valence-corrected chi connectivity index (χ4v) is 2.71. The molecule has 0 rings (SSSR count). The van der Waals surface area contributed by atoms with Crippen LogP contribution < -0.4 is 5.32 Å². The van der Waals surface area contributed by atoms with E-state index in [1.807, 2.05) is 0 Å². The summed E-state index contributed by atoms with van der Waals surface area (Å²) in [7, 11) is 0. The van der Waals surface area contributed by atoms with Crippen LogP contribution in [0.3, 0.4) is 0 Å². The summed E-state index contributed by atoms with van der Waals surface area (Å²) in [4.78, 5) is 0. The highest BCUT2D eigenvalue weighted by molar-refractivity contribution is 4.57. The van der Waals surface area contributed by atoms with Gasteiger partial charge in [-0.3, -0.25) is 0 Å². The van der Waals surface area contributed by atoms with Crippen molar-refractivity contribution in [1.29, 1.82) is 0 Å². The fourth-order valence-electron chi connectivity index (χ4n) is 2.71. The molecule has 0 aromatic heterocycles. The SMILES string of the molecule is CCCCC(CC)COCCNCCOCC(CC)CCCC. The van der Waals surface area contributed by atoms with Crippen LogP contribution in [-0.2, 0) is 9.47 Å². The van der Waals surface area contributed by atoms with Gasteiger partial charge < -0.3 is 14.8 Å². The summed E-state index contributed by atoms with van der Waals surface area (Å²) in [6, 6.07) is 0. The van der Waals surface area contributed by atoms with E-state index in [9.17, 15) is 0 Å². The largest absolute Gasteiger partial charge is 0.380 e. The maximum absolute atomic E-state index is 5.79. The minimum absolute atomic E-state index is 0.743. The Kier molecular flexibility index (Phi) is 18.1. The molecule has 2 atom stereocenters. The zero-order chi connectivity index (χ0) is 17.2. The van der Waals surface area contributed by atoms with Crippen molar-refractivity contribution >= 4 is 0 Å². The van der Waals surface area contributed by atoms with Crippen molar-refractivity contribution in [2.24, 2.45) is 11.8 Å². The quantitative estimate of drug-likeness (QED) is 0.357. The second-order valence-electron chi connectivity index (χ2n) is 6.73. The standard InChI is InChI=1S/C20H43NO2/c1-5-9-11-19(7-3)17-22-15-13-21-14-16-23-18-20(8-4)12-10-6-2/h19-21H,5-18H2,1-4H3. The summed E-state index contributed by atoms with van der Waals surface area (Å²) < 4.78 is 11.6. The first-order valence-electron chi connectivity index (χ1n) is 10.1. The van der Waals surface area contributed by atoms with Gasteiger partial charge in [0.1, 0.15) is 0 Å². The Hall–Kier alpha value is -0.120. The van der Waals surface area contributed by atoms with Crippen LogP contribution in [0.15, 0.2) is 0 Å². The van der Waals surface area contributed by atoms with Gasteiger partial charge in [-0.15, -0.1) is 0 Å². The van der Waals surface area contributed by atoms with Crippen molar-refractivity contribution < 1.29 is 9.47 Å². The Morgan fingerprint density at radius 2 is 1.13 bits per heavy atom. The number of hydrogen-bond acceptors (Lipinski definition) is 3. The van der Waals surface area contributed by atoms with Gasteiger partial charge in [0.25, 0.3) is 0 Å². The number of ether oxygens (including phenoxy) is 2. The van der Waals surface area contributed by atoms with E-state index >= 15 is 0 Å². The number of hydrogen-bond donors (Lipinski definition) is 1. The first-order valence-corrected chi connectivity index (χ1v) is 10.1. The molecule has 23 heavy (non-hydrogen) atoms. The van der Waals surface area contributed by atoms with E-state index in [-0.39, 0.29) is 0 Å². The first-order chi connectivity index (χ1) is 11.3. The lowest BCUT2D eigenvalue weighted by Crippen LogP contribution is -2.25. The summed E-state index contributed by atoms with van der Waals surface area (Å²) in [5.41, 5.74) is 0. The Morgan fingerprint density at radius 1 is 0.696 bits per heavy atom. The minimum atomic E-state index is 0.743. The molecule has 0 aliphatic carbocycles. The molecule has 0 saturated heterocycles. The van der Waals surface area contributed by atoms with Gasteiger partial charge in [-0.25, -0.2) is 0 Å². The Bertz CT molecular complexity index is 202. The van der Waals surface area contributed by atoms with E-state index in [2.05, 4.69) is 33.0 Å². The predicted octanol–water partition coefficient (Wildman–Crippen LogP) is 5.04. The van der Waals surface area contributed by atoms with Crippen LogP contribution >= 0.6 is 0 Å². The van der Waals surface area contributed by atoms with Crippen molar-refractivity contribution in [1.82, 2.24) is 5.32 Å². The molecule has 0 fully saturated rings. The van der Waals surface area contributed by atoms with Gasteiger partial charge in [-0.05, 0) is 24.7 Å². The third kappa shape index (κ3) is 15.2. The Labute approximate surface area is 145 Å². The van der Waals surface area contributed by atoms with Gasteiger partial charge in [0.2, 0.25) is 0 Å². The zero-order valence-electron chi connectivity index (χ0n) is 16.4. The van der Waals surface area contributed by atoms with Crippen molar-refractivity contribution in [3.8, 4) is 0 Å². The van der Waals surface area contributed by atoms with Crippen molar-refractivity contribution in [3.05, 3.63) is 0 Å². The maximum atomic E-state index is 5.79. The average molecular weight is 330 g/mol. The van der Waals surface area contributed by atoms with E-state index in [0.717, 1.165) is 51.4 Å². The third-order valence-corrected chi connectivity index (χ3v) is 4.64. The summed E-state index contributed by atoms with van der Waals surface area (Å²) in [6.07, 6.45) is 10.3. The monoisotopic (exact) mass is 329 g/mol. The highest BCUT2D eigenvalue weighted by Crippen LogP contribution is 2.13. The third-order valence-electron chi connectivity index (χ3n) is 4.64. The lowest BCUT2D eigenvalue weighted by atomic mass is 10.0. The lowest BCUT2D eigenvalue weighted by Gasteiger charge is -2.15. The van der Waals surface area contributed by atoms with Crippen LogP contribution in [0.1, 0.15) is 79.1 Å². The second-order valence-corrected chi connectivity index (χ2v) is 6.73. The van der Waals surface area contributed by atoms with Gasteiger partial charge in [-0.1, -0.05) is 66.2 Å². The molecule has 2 unspecified atom stereocenters. The van der Waals surface area contributed by atoms with Crippen LogP contribution in [0, 0.1) is 11.8 Å². The molecule has 1 N–H and O–H groups in total. The molecule has 0 saturated carbocycles. The molecular formula is C20H43NO2. The number of rotatable bonds is 18. The molecule has 0 spiro atoms. The lowest BCUT2D eigenvalue weighted by molar-refractivity contribution is 0.0841. The van der Waals surface area contributed by atoms with Gasteiger partial charge in [-0.2, -0.15) is 0 Å². The molecule has 0 radical (unpaired) electrons. The molecular weight excluding hydrogens is 286 g/mol. The summed E-state index contributed by atoms with van der Waals surface area (Å²) >= 11 is 0. The van der Waals surface area contributed by atoms with Crippen LogP contribution in [0.4, 0.5) is 0 Å². The molecule has 0 bridgehead atoms. The van der Waals surface area contributed by atoms with Crippen LogP contribution in [0.25, 0.3) is 0 Å². The molecule has 0 amide bonds. The molecule has 0 aliphatic rings. The summed E-state index contributed by atoms with van der Waals surface area (Å²) in [5.74, 6) is 1.49. The highest BCUT2D eigenvalue weighted by Gasteiger charge is 2.06. The normalized spacial score (nSPS) is 14.1. The van der Waals surface area contributed by atoms with Crippen molar-refractivity contribution in [3.63, 3.8) is 0 Å². The predicted molar refractivity (Wildman–Crippen MR) is 101 cm³/mol. The Balaban J connectivity index is 3.35. The zero-order valence-corrected chi connectivity index (χ0v) is 16.4. The second kappa shape index (κ2) is 18.2. The van der Waals surface area contributed by atoms with Gasteiger partial charge in [0.05, 0.1) is 13.2 Å². The first kappa shape index (κ1) is 22.9. The van der Waals surface area contributed by atoms with E-state index in [1.54, 1.807) is 0 Å².